The number of anilines is 3. The Kier molecular flexibility index (Phi) is 4.86. The van der Waals surface area contributed by atoms with Gasteiger partial charge in [0.25, 0.3) is 0 Å². The zero-order valence-corrected chi connectivity index (χ0v) is 14.8. The maximum Gasteiger partial charge on any atom is 0.244 e. The van der Waals surface area contributed by atoms with Crippen LogP contribution >= 0.6 is 0 Å². The van der Waals surface area contributed by atoms with Gasteiger partial charge < -0.3 is 24.8 Å². The SMILES string of the molecule is CCOc1ccc(Nc2cnnc(NCc3ccc4c(c3)OCO4)n2)cc1. The van der Waals surface area contributed by atoms with Gasteiger partial charge in [-0.05, 0) is 48.9 Å². The highest BCUT2D eigenvalue weighted by Gasteiger charge is 2.13. The quantitative estimate of drug-likeness (QED) is 0.659. The van der Waals surface area contributed by atoms with Crippen molar-refractivity contribution in [2.75, 3.05) is 24.0 Å². The molecule has 27 heavy (non-hydrogen) atoms. The first-order valence-electron chi connectivity index (χ1n) is 8.62. The first kappa shape index (κ1) is 16.9. The fourth-order valence-corrected chi connectivity index (χ4v) is 2.62. The number of ether oxygens (including phenoxy) is 3. The summed E-state index contributed by atoms with van der Waals surface area (Å²) in [7, 11) is 0. The Hall–Kier alpha value is -3.55. The molecule has 0 spiro atoms. The van der Waals surface area contributed by atoms with Crippen molar-refractivity contribution in [3.8, 4) is 17.2 Å². The van der Waals surface area contributed by atoms with Crippen molar-refractivity contribution in [2.24, 2.45) is 0 Å². The molecule has 0 saturated carbocycles. The Morgan fingerprint density at radius 3 is 2.78 bits per heavy atom. The molecule has 2 heterocycles. The first-order chi connectivity index (χ1) is 13.3. The topological polar surface area (TPSA) is 90.4 Å². The minimum Gasteiger partial charge on any atom is -0.494 e. The zero-order chi connectivity index (χ0) is 18.5. The second kappa shape index (κ2) is 7.77. The lowest BCUT2D eigenvalue weighted by Crippen LogP contribution is -2.06. The van der Waals surface area contributed by atoms with Crippen LogP contribution in [0.3, 0.4) is 0 Å². The number of hydrogen-bond acceptors (Lipinski definition) is 8. The number of nitrogens with one attached hydrogen (secondary N) is 2. The number of rotatable bonds is 7. The Morgan fingerprint density at radius 2 is 1.93 bits per heavy atom. The number of nitrogens with zero attached hydrogens (tertiary/aromatic N) is 3. The highest BCUT2D eigenvalue weighted by atomic mass is 16.7. The Bertz CT molecular complexity index is 917. The van der Waals surface area contributed by atoms with Gasteiger partial charge in [-0.1, -0.05) is 6.07 Å². The van der Waals surface area contributed by atoms with Gasteiger partial charge in [0.1, 0.15) is 5.75 Å². The lowest BCUT2D eigenvalue weighted by atomic mass is 10.2. The van der Waals surface area contributed by atoms with Crippen LogP contribution in [0.2, 0.25) is 0 Å². The molecule has 0 saturated heterocycles. The Morgan fingerprint density at radius 1 is 1.07 bits per heavy atom. The normalized spacial score (nSPS) is 11.9. The average molecular weight is 365 g/mol. The molecule has 0 radical (unpaired) electrons. The van der Waals surface area contributed by atoms with Gasteiger partial charge in [-0.15, -0.1) is 5.10 Å². The maximum absolute atomic E-state index is 5.44. The van der Waals surface area contributed by atoms with Crippen LogP contribution in [0.25, 0.3) is 0 Å². The van der Waals surface area contributed by atoms with E-state index in [0.717, 1.165) is 28.5 Å². The molecule has 1 aromatic heterocycles. The minimum absolute atomic E-state index is 0.262. The van der Waals surface area contributed by atoms with Gasteiger partial charge in [0.2, 0.25) is 12.7 Å². The second-order valence-corrected chi connectivity index (χ2v) is 5.79. The Balaban J connectivity index is 1.38. The highest BCUT2D eigenvalue weighted by Crippen LogP contribution is 2.32. The van der Waals surface area contributed by atoms with E-state index in [0.29, 0.717) is 24.9 Å². The van der Waals surface area contributed by atoms with Gasteiger partial charge in [-0.3, -0.25) is 0 Å². The van der Waals surface area contributed by atoms with Gasteiger partial charge in [0.15, 0.2) is 17.3 Å². The van der Waals surface area contributed by atoms with E-state index in [2.05, 4.69) is 25.8 Å². The molecule has 0 bridgehead atoms. The van der Waals surface area contributed by atoms with Gasteiger partial charge in [-0.2, -0.15) is 10.1 Å². The zero-order valence-electron chi connectivity index (χ0n) is 14.8. The van der Waals surface area contributed by atoms with Gasteiger partial charge >= 0.3 is 0 Å². The molecule has 0 amide bonds. The summed E-state index contributed by atoms with van der Waals surface area (Å²) in [5.41, 5.74) is 1.92. The van der Waals surface area contributed by atoms with E-state index in [9.17, 15) is 0 Å². The van der Waals surface area contributed by atoms with E-state index in [4.69, 9.17) is 14.2 Å². The van der Waals surface area contributed by atoms with E-state index in [1.807, 2.05) is 49.4 Å². The summed E-state index contributed by atoms with van der Waals surface area (Å²) >= 11 is 0. The van der Waals surface area contributed by atoms with Crippen molar-refractivity contribution in [1.82, 2.24) is 15.2 Å². The molecule has 0 aliphatic carbocycles. The smallest absolute Gasteiger partial charge is 0.244 e. The highest BCUT2D eigenvalue weighted by molar-refractivity contribution is 5.57. The third kappa shape index (κ3) is 4.17. The van der Waals surface area contributed by atoms with Crippen molar-refractivity contribution in [3.05, 3.63) is 54.2 Å². The molecule has 138 valence electrons. The molecule has 2 aromatic carbocycles. The number of aromatic nitrogens is 3. The van der Waals surface area contributed by atoms with Gasteiger partial charge in [-0.25, -0.2) is 0 Å². The Labute approximate surface area is 156 Å². The van der Waals surface area contributed by atoms with E-state index < -0.39 is 0 Å². The monoisotopic (exact) mass is 365 g/mol. The summed E-state index contributed by atoms with van der Waals surface area (Å²) in [6.07, 6.45) is 1.57. The number of benzene rings is 2. The van der Waals surface area contributed by atoms with Crippen LogP contribution in [-0.2, 0) is 6.54 Å². The number of fused-ring (bicyclic) bond motifs is 1. The predicted octanol–water partition coefficient (Wildman–Crippen LogP) is 3.35. The fourth-order valence-electron chi connectivity index (χ4n) is 2.62. The van der Waals surface area contributed by atoms with Crippen LogP contribution in [0, 0.1) is 0 Å². The van der Waals surface area contributed by atoms with Crippen molar-refractivity contribution >= 4 is 17.5 Å². The molecular weight excluding hydrogens is 346 g/mol. The maximum atomic E-state index is 5.44. The standard InChI is InChI=1S/C19H19N5O3/c1-2-25-15-6-4-14(5-7-15)22-18-11-21-24-19(23-18)20-10-13-3-8-16-17(9-13)27-12-26-16/h3-9,11H,2,10,12H2,1H3,(H2,20,22,23,24). The summed E-state index contributed by atoms with van der Waals surface area (Å²) in [5, 5.41) is 14.4. The van der Waals surface area contributed by atoms with Crippen molar-refractivity contribution < 1.29 is 14.2 Å². The van der Waals surface area contributed by atoms with E-state index in [-0.39, 0.29) is 6.79 Å². The molecule has 2 N–H and O–H groups in total. The fraction of sp³-hybridized carbons (Fsp3) is 0.211. The van der Waals surface area contributed by atoms with Crippen LogP contribution in [0.1, 0.15) is 12.5 Å². The molecule has 3 aromatic rings. The first-order valence-corrected chi connectivity index (χ1v) is 8.62. The van der Waals surface area contributed by atoms with Crippen molar-refractivity contribution in [1.29, 1.82) is 0 Å². The summed E-state index contributed by atoms with van der Waals surface area (Å²) in [6, 6.07) is 13.4. The van der Waals surface area contributed by atoms with E-state index in [1.165, 1.54) is 0 Å². The van der Waals surface area contributed by atoms with Crippen LogP contribution < -0.4 is 24.8 Å². The molecule has 8 heteroatoms. The van der Waals surface area contributed by atoms with Crippen LogP contribution in [0.5, 0.6) is 17.2 Å². The molecular formula is C19H19N5O3. The van der Waals surface area contributed by atoms with Gasteiger partial charge in [0.05, 0.1) is 12.8 Å². The van der Waals surface area contributed by atoms with Crippen molar-refractivity contribution in [2.45, 2.75) is 13.5 Å². The van der Waals surface area contributed by atoms with Crippen LogP contribution in [0.4, 0.5) is 17.5 Å². The largest absolute Gasteiger partial charge is 0.494 e. The van der Waals surface area contributed by atoms with Crippen LogP contribution in [0.15, 0.2) is 48.7 Å². The summed E-state index contributed by atoms with van der Waals surface area (Å²) in [6.45, 7) is 3.40. The molecule has 0 fully saturated rings. The van der Waals surface area contributed by atoms with E-state index in [1.54, 1.807) is 6.20 Å². The third-order valence-electron chi connectivity index (χ3n) is 3.88. The lowest BCUT2D eigenvalue weighted by Gasteiger charge is -2.09. The molecule has 0 atom stereocenters. The molecule has 1 aliphatic heterocycles. The second-order valence-electron chi connectivity index (χ2n) is 5.79. The minimum atomic E-state index is 0.262. The summed E-state index contributed by atoms with van der Waals surface area (Å²) in [4.78, 5) is 4.43. The van der Waals surface area contributed by atoms with Gasteiger partial charge in [0, 0.05) is 12.2 Å². The van der Waals surface area contributed by atoms with Crippen molar-refractivity contribution in [3.63, 3.8) is 0 Å². The average Bonchev–Trinajstić information content (AvgIpc) is 3.16. The summed E-state index contributed by atoms with van der Waals surface area (Å²) < 4.78 is 16.1. The molecule has 0 unspecified atom stereocenters. The molecule has 1 aliphatic rings. The molecule has 8 nitrogen and oxygen atoms in total. The molecule has 4 rings (SSSR count). The lowest BCUT2D eigenvalue weighted by molar-refractivity contribution is 0.174. The van der Waals surface area contributed by atoms with E-state index >= 15 is 0 Å². The van der Waals surface area contributed by atoms with Crippen LogP contribution in [-0.4, -0.2) is 28.6 Å². The number of hydrogen-bond donors (Lipinski definition) is 2. The predicted molar refractivity (Wildman–Crippen MR) is 101 cm³/mol. The summed E-state index contributed by atoms with van der Waals surface area (Å²) in [5.74, 6) is 3.37. The third-order valence-corrected chi connectivity index (χ3v) is 3.88.